The second-order valence-corrected chi connectivity index (χ2v) is 7.36. The SMILES string of the molecule is CS(=O)(=O)Cc1cccc(C(=O)OCc2ccc(Cl)nc2)c1. The molecule has 1 aromatic carbocycles. The molecule has 0 fully saturated rings. The first-order valence-electron chi connectivity index (χ1n) is 6.38. The van der Waals surface area contributed by atoms with Crippen molar-refractivity contribution in [2.45, 2.75) is 12.4 Å². The number of halogens is 1. The zero-order chi connectivity index (χ0) is 16.2. The van der Waals surface area contributed by atoms with Crippen LogP contribution in [0, 0.1) is 0 Å². The second kappa shape index (κ2) is 6.89. The Bertz CT molecular complexity index is 772. The van der Waals surface area contributed by atoms with Crippen LogP contribution in [-0.4, -0.2) is 25.6 Å². The van der Waals surface area contributed by atoms with Gasteiger partial charge in [-0.15, -0.1) is 0 Å². The monoisotopic (exact) mass is 339 g/mol. The number of esters is 1. The van der Waals surface area contributed by atoms with E-state index in [1.807, 2.05) is 0 Å². The van der Waals surface area contributed by atoms with E-state index in [2.05, 4.69) is 4.98 Å². The summed E-state index contributed by atoms with van der Waals surface area (Å²) in [6, 6.07) is 9.69. The third-order valence-electron chi connectivity index (χ3n) is 2.75. The molecule has 0 aliphatic rings. The number of nitrogens with zero attached hydrogens (tertiary/aromatic N) is 1. The number of carbonyl (C=O) groups is 1. The van der Waals surface area contributed by atoms with Crippen molar-refractivity contribution in [3.63, 3.8) is 0 Å². The van der Waals surface area contributed by atoms with Gasteiger partial charge < -0.3 is 4.74 Å². The highest BCUT2D eigenvalue weighted by molar-refractivity contribution is 7.89. The van der Waals surface area contributed by atoms with E-state index in [1.165, 1.54) is 12.3 Å². The van der Waals surface area contributed by atoms with E-state index in [1.54, 1.807) is 30.3 Å². The summed E-state index contributed by atoms with van der Waals surface area (Å²) in [7, 11) is -3.15. The molecule has 0 saturated carbocycles. The van der Waals surface area contributed by atoms with Crippen LogP contribution >= 0.6 is 11.6 Å². The lowest BCUT2D eigenvalue weighted by Gasteiger charge is -2.06. The number of rotatable bonds is 5. The van der Waals surface area contributed by atoms with Gasteiger partial charge in [0.25, 0.3) is 0 Å². The van der Waals surface area contributed by atoms with Crippen LogP contribution in [0.4, 0.5) is 0 Å². The van der Waals surface area contributed by atoms with E-state index in [-0.39, 0.29) is 12.4 Å². The van der Waals surface area contributed by atoms with Gasteiger partial charge in [-0.05, 0) is 23.8 Å². The van der Waals surface area contributed by atoms with Crippen molar-refractivity contribution in [3.05, 3.63) is 64.4 Å². The molecule has 1 aromatic heterocycles. The van der Waals surface area contributed by atoms with Gasteiger partial charge in [-0.2, -0.15) is 0 Å². The molecule has 0 bridgehead atoms. The van der Waals surface area contributed by atoms with Crippen molar-refractivity contribution < 1.29 is 17.9 Å². The summed E-state index contributed by atoms with van der Waals surface area (Å²) in [5, 5.41) is 0.364. The fourth-order valence-corrected chi connectivity index (χ4v) is 2.71. The van der Waals surface area contributed by atoms with Gasteiger partial charge in [0, 0.05) is 18.0 Å². The molecule has 0 radical (unpaired) electrons. The highest BCUT2D eigenvalue weighted by Crippen LogP contribution is 2.12. The Kier molecular flexibility index (Phi) is 5.15. The van der Waals surface area contributed by atoms with Crippen molar-refractivity contribution in [1.29, 1.82) is 0 Å². The topological polar surface area (TPSA) is 73.3 Å². The van der Waals surface area contributed by atoms with Crippen LogP contribution in [-0.2, 0) is 26.9 Å². The Labute approximate surface area is 133 Å². The molecule has 116 valence electrons. The second-order valence-electron chi connectivity index (χ2n) is 4.84. The van der Waals surface area contributed by atoms with E-state index < -0.39 is 15.8 Å². The number of sulfone groups is 1. The molecule has 7 heteroatoms. The zero-order valence-electron chi connectivity index (χ0n) is 11.8. The fourth-order valence-electron chi connectivity index (χ4n) is 1.81. The molecule has 0 spiro atoms. The molecule has 22 heavy (non-hydrogen) atoms. The van der Waals surface area contributed by atoms with E-state index in [0.717, 1.165) is 6.26 Å². The van der Waals surface area contributed by atoms with Gasteiger partial charge in [-0.1, -0.05) is 29.8 Å². The first-order chi connectivity index (χ1) is 10.3. The van der Waals surface area contributed by atoms with Crippen LogP contribution in [0.3, 0.4) is 0 Å². The molecule has 0 aliphatic heterocycles. The minimum atomic E-state index is -3.15. The van der Waals surface area contributed by atoms with Crippen molar-refractivity contribution in [1.82, 2.24) is 4.98 Å². The van der Waals surface area contributed by atoms with E-state index >= 15 is 0 Å². The molecule has 0 N–H and O–H groups in total. The lowest BCUT2D eigenvalue weighted by Crippen LogP contribution is -2.07. The van der Waals surface area contributed by atoms with Gasteiger partial charge in [0.05, 0.1) is 11.3 Å². The van der Waals surface area contributed by atoms with Crippen molar-refractivity contribution in [2.24, 2.45) is 0 Å². The van der Waals surface area contributed by atoms with Gasteiger partial charge in [-0.3, -0.25) is 0 Å². The highest BCUT2D eigenvalue weighted by atomic mass is 35.5. The molecule has 0 aliphatic carbocycles. The van der Waals surface area contributed by atoms with E-state index in [9.17, 15) is 13.2 Å². The van der Waals surface area contributed by atoms with Gasteiger partial charge in [0.15, 0.2) is 9.84 Å². The first kappa shape index (κ1) is 16.5. The normalized spacial score (nSPS) is 11.2. The van der Waals surface area contributed by atoms with Gasteiger partial charge in [-0.25, -0.2) is 18.2 Å². The summed E-state index contributed by atoms with van der Waals surface area (Å²) in [5.74, 6) is -0.639. The number of carbonyl (C=O) groups excluding carboxylic acids is 1. The highest BCUT2D eigenvalue weighted by Gasteiger charge is 2.11. The van der Waals surface area contributed by atoms with Crippen molar-refractivity contribution in [3.8, 4) is 0 Å². The molecule has 1 heterocycles. The average molecular weight is 340 g/mol. The summed E-state index contributed by atoms with van der Waals surface area (Å²) in [5.41, 5.74) is 1.57. The quantitative estimate of drug-likeness (QED) is 0.618. The molecule has 0 amide bonds. The van der Waals surface area contributed by atoms with Crippen molar-refractivity contribution >= 4 is 27.4 Å². The largest absolute Gasteiger partial charge is 0.457 e. The van der Waals surface area contributed by atoms with E-state index in [0.29, 0.717) is 21.8 Å². The lowest BCUT2D eigenvalue weighted by atomic mass is 10.1. The molecular formula is C15H14ClNO4S. The Morgan fingerprint density at radius 1 is 1.23 bits per heavy atom. The number of aromatic nitrogens is 1. The standard InChI is InChI=1S/C15H14ClNO4S/c1-22(19,20)10-11-3-2-4-13(7-11)15(18)21-9-12-5-6-14(16)17-8-12/h2-8H,9-10H2,1H3. The maximum absolute atomic E-state index is 12.0. The number of benzene rings is 1. The van der Waals surface area contributed by atoms with E-state index in [4.69, 9.17) is 16.3 Å². The van der Waals surface area contributed by atoms with Crippen LogP contribution in [0.25, 0.3) is 0 Å². The fraction of sp³-hybridized carbons (Fsp3) is 0.200. The van der Waals surface area contributed by atoms with Crippen molar-refractivity contribution in [2.75, 3.05) is 6.26 Å². The number of pyridine rings is 1. The molecule has 0 atom stereocenters. The summed E-state index contributed by atoms with van der Waals surface area (Å²) < 4.78 is 27.7. The minimum absolute atomic E-state index is 0.0688. The van der Waals surface area contributed by atoms with Gasteiger partial charge >= 0.3 is 5.97 Å². The summed E-state index contributed by atoms with van der Waals surface area (Å²) in [6.45, 7) is 0.0688. The molecular weight excluding hydrogens is 326 g/mol. The Morgan fingerprint density at radius 3 is 2.64 bits per heavy atom. The Morgan fingerprint density at radius 2 is 2.00 bits per heavy atom. The molecule has 2 aromatic rings. The molecule has 0 saturated heterocycles. The average Bonchev–Trinajstić information content (AvgIpc) is 2.45. The predicted molar refractivity (Wildman–Crippen MR) is 83.4 cm³/mol. The lowest BCUT2D eigenvalue weighted by molar-refractivity contribution is 0.0472. The predicted octanol–water partition coefficient (Wildman–Crippen LogP) is 2.64. The summed E-state index contributed by atoms with van der Waals surface area (Å²) in [4.78, 5) is 15.9. The maximum Gasteiger partial charge on any atom is 0.338 e. The summed E-state index contributed by atoms with van der Waals surface area (Å²) in [6.07, 6.45) is 2.67. The van der Waals surface area contributed by atoms with Crippen LogP contribution in [0.2, 0.25) is 5.15 Å². The van der Waals surface area contributed by atoms with Crippen LogP contribution in [0.15, 0.2) is 42.6 Å². The Balaban J connectivity index is 2.03. The zero-order valence-corrected chi connectivity index (χ0v) is 13.4. The van der Waals surface area contributed by atoms with Crippen LogP contribution < -0.4 is 0 Å². The number of hydrogen-bond donors (Lipinski definition) is 0. The minimum Gasteiger partial charge on any atom is -0.457 e. The Hall–Kier alpha value is -1.92. The smallest absolute Gasteiger partial charge is 0.338 e. The maximum atomic E-state index is 12.0. The third kappa shape index (κ3) is 5.13. The summed E-state index contributed by atoms with van der Waals surface area (Å²) >= 11 is 5.67. The molecule has 5 nitrogen and oxygen atoms in total. The molecule has 2 rings (SSSR count). The number of hydrogen-bond acceptors (Lipinski definition) is 5. The van der Waals surface area contributed by atoms with Crippen LogP contribution in [0.5, 0.6) is 0 Å². The van der Waals surface area contributed by atoms with Crippen LogP contribution in [0.1, 0.15) is 21.5 Å². The number of ether oxygens (including phenoxy) is 1. The third-order valence-corrected chi connectivity index (χ3v) is 3.83. The molecule has 0 unspecified atom stereocenters. The first-order valence-corrected chi connectivity index (χ1v) is 8.81. The van der Waals surface area contributed by atoms with Gasteiger partial charge in [0.2, 0.25) is 0 Å². The van der Waals surface area contributed by atoms with Gasteiger partial charge in [0.1, 0.15) is 11.8 Å².